The summed E-state index contributed by atoms with van der Waals surface area (Å²) in [5.41, 5.74) is 3.17. The average molecular weight is 637 g/mol. The van der Waals surface area contributed by atoms with Crippen LogP contribution in [0.3, 0.4) is 0 Å². The molecule has 3 aliphatic heterocycles. The third kappa shape index (κ3) is 5.99. The van der Waals surface area contributed by atoms with Crippen molar-refractivity contribution >= 4 is 57.6 Å². The molecule has 0 saturated carbocycles. The summed E-state index contributed by atoms with van der Waals surface area (Å²) in [6.45, 7) is -0.480. The van der Waals surface area contributed by atoms with E-state index in [1.54, 1.807) is 11.0 Å². The van der Waals surface area contributed by atoms with Crippen molar-refractivity contribution in [2.24, 2.45) is 5.92 Å². The maximum atomic E-state index is 13.6. The van der Waals surface area contributed by atoms with E-state index in [4.69, 9.17) is 23.2 Å². The van der Waals surface area contributed by atoms with E-state index in [1.165, 1.54) is 0 Å². The molecular formula is C29H29Cl2F3N6O3. The molecule has 1 fully saturated rings. The SMILES string of the molecule is O=C(C[C@@H]1Cc2cc(Cl)c3n[nH]c(Cl)c3c2CN(CC(F)(F)F)C1=O)N1CCC(N2CCc3ccccc3NC2=O)CC1. The highest BCUT2D eigenvalue weighted by Gasteiger charge is 2.40. The number of likely N-dealkylation sites (tertiary alicyclic amines) is 1. The van der Waals surface area contributed by atoms with Gasteiger partial charge < -0.3 is 20.0 Å². The third-order valence-electron chi connectivity index (χ3n) is 8.61. The maximum absolute atomic E-state index is 13.6. The van der Waals surface area contributed by atoms with Crippen molar-refractivity contribution in [1.29, 1.82) is 0 Å². The number of nitrogens with one attached hydrogen (secondary N) is 2. The second-order valence-electron chi connectivity index (χ2n) is 11.3. The first kappa shape index (κ1) is 29.6. The van der Waals surface area contributed by atoms with Crippen LogP contribution in [0.15, 0.2) is 30.3 Å². The molecule has 4 amide bonds. The number of aromatic amines is 1. The maximum Gasteiger partial charge on any atom is 0.406 e. The Balaban J connectivity index is 1.16. The van der Waals surface area contributed by atoms with Crippen LogP contribution < -0.4 is 5.32 Å². The van der Waals surface area contributed by atoms with Crippen LogP contribution in [0.2, 0.25) is 10.2 Å². The van der Waals surface area contributed by atoms with Crippen LogP contribution in [0.4, 0.5) is 23.7 Å². The molecule has 6 rings (SSSR count). The minimum atomic E-state index is -4.64. The number of aromatic nitrogens is 2. The van der Waals surface area contributed by atoms with Crippen molar-refractivity contribution in [1.82, 2.24) is 24.9 Å². The number of hydrogen-bond donors (Lipinski definition) is 2. The molecular weight excluding hydrogens is 608 g/mol. The monoisotopic (exact) mass is 636 g/mol. The highest BCUT2D eigenvalue weighted by Crippen LogP contribution is 2.38. The Bertz CT molecular complexity index is 1590. The van der Waals surface area contributed by atoms with E-state index in [-0.39, 0.29) is 47.5 Å². The van der Waals surface area contributed by atoms with Gasteiger partial charge in [-0.1, -0.05) is 41.4 Å². The molecule has 1 atom stereocenters. The lowest BCUT2D eigenvalue weighted by Crippen LogP contribution is -2.50. The number of piperidine rings is 1. The van der Waals surface area contributed by atoms with E-state index < -0.39 is 24.5 Å². The van der Waals surface area contributed by atoms with E-state index >= 15 is 0 Å². The molecule has 4 heterocycles. The Hall–Kier alpha value is -3.51. The number of nitrogens with zero attached hydrogens (tertiary/aromatic N) is 4. The van der Waals surface area contributed by atoms with Gasteiger partial charge in [0.05, 0.1) is 10.9 Å². The zero-order valence-electron chi connectivity index (χ0n) is 23.0. The first-order chi connectivity index (χ1) is 20.5. The zero-order chi connectivity index (χ0) is 30.5. The summed E-state index contributed by atoms with van der Waals surface area (Å²) in [7, 11) is 0. The molecule has 1 aromatic heterocycles. The lowest BCUT2D eigenvalue weighted by molar-refractivity contribution is -0.165. The van der Waals surface area contributed by atoms with Crippen molar-refractivity contribution in [3.8, 4) is 0 Å². The lowest BCUT2D eigenvalue weighted by atomic mass is 9.92. The predicted molar refractivity (Wildman–Crippen MR) is 155 cm³/mol. The number of carbonyl (C=O) groups is 3. The topological polar surface area (TPSA) is 102 Å². The Kier molecular flexibility index (Phi) is 7.93. The smallest absolute Gasteiger partial charge is 0.343 e. The molecule has 0 bridgehead atoms. The second kappa shape index (κ2) is 11.5. The largest absolute Gasteiger partial charge is 0.406 e. The molecule has 3 aliphatic rings. The standard InChI is InChI=1S/C29H29Cl2F3N6O3/c30-21-12-17-11-18(27(42)39(15-29(32,33)34)14-20(17)24-25(21)36-37-26(24)31)13-23(41)38-8-6-19(7-9-38)40-10-5-16-3-1-2-4-22(16)35-28(40)43/h1-4,12,18-19H,5-11,13-15H2,(H,35,43)(H,36,37)/t18-/m0/s1. The minimum Gasteiger partial charge on any atom is -0.343 e. The minimum absolute atomic E-state index is 0.0381. The number of hydrogen-bond acceptors (Lipinski definition) is 4. The fourth-order valence-corrected chi connectivity index (χ4v) is 7.01. The number of halogens is 5. The van der Waals surface area contributed by atoms with Crippen LogP contribution in [-0.4, -0.2) is 81.1 Å². The van der Waals surface area contributed by atoms with Gasteiger partial charge in [-0.15, -0.1) is 0 Å². The summed E-state index contributed by atoms with van der Waals surface area (Å²) in [6.07, 6.45) is -3.01. The van der Waals surface area contributed by atoms with E-state index in [0.717, 1.165) is 16.2 Å². The average Bonchev–Trinajstić information content (AvgIpc) is 3.20. The van der Waals surface area contributed by atoms with Gasteiger partial charge in [-0.2, -0.15) is 18.3 Å². The van der Waals surface area contributed by atoms with Gasteiger partial charge in [0.15, 0.2) is 0 Å². The number of carbonyl (C=O) groups excluding carboxylic acids is 3. The van der Waals surface area contributed by atoms with E-state index in [9.17, 15) is 27.6 Å². The van der Waals surface area contributed by atoms with Crippen molar-refractivity contribution in [2.75, 3.05) is 31.5 Å². The van der Waals surface area contributed by atoms with Crippen molar-refractivity contribution in [2.45, 2.75) is 50.9 Å². The molecule has 43 heavy (non-hydrogen) atoms. The quantitative estimate of drug-likeness (QED) is 0.400. The van der Waals surface area contributed by atoms with Gasteiger partial charge in [-0.05, 0) is 54.5 Å². The molecule has 228 valence electrons. The van der Waals surface area contributed by atoms with Crippen LogP contribution in [0.1, 0.15) is 36.0 Å². The number of para-hydroxylation sites is 1. The molecule has 2 aromatic carbocycles. The molecule has 0 spiro atoms. The summed E-state index contributed by atoms with van der Waals surface area (Å²) in [6, 6.07) is 9.04. The van der Waals surface area contributed by atoms with Gasteiger partial charge in [0, 0.05) is 49.7 Å². The Labute approximate surface area is 255 Å². The van der Waals surface area contributed by atoms with Gasteiger partial charge in [-0.3, -0.25) is 14.7 Å². The van der Waals surface area contributed by atoms with Crippen molar-refractivity contribution in [3.63, 3.8) is 0 Å². The summed E-state index contributed by atoms with van der Waals surface area (Å²) in [4.78, 5) is 44.1. The number of amides is 4. The van der Waals surface area contributed by atoms with Gasteiger partial charge in [0.25, 0.3) is 0 Å². The predicted octanol–water partition coefficient (Wildman–Crippen LogP) is 5.40. The fourth-order valence-electron chi connectivity index (χ4n) is 6.50. The van der Waals surface area contributed by atoms with Crippen LogP contribution in [0.25, 0.3) is 10.9 Å². The Morgan fingerprint density at radius 1 is 1.07 bits per heavy atom. The molecule has 9 nitrogen and oxygen atoms in total. The summed E-state index contributed by atoms with van der Waals surface area (Å²) in [5, 5.41) is 10.4. The molecule has 0 radical (unpaired) electrons. The number of rotatable bonds is 4. The van der Waals surface area contributed by atoms with Gasteiger partial charge in [0.2, 0.25) is 11.8 Å². The summed E-state index contributed by atoms with van der Waals surface area (Å²) < 4.78 is 40.7. The highest BCUT2D eigenvalue weighted by molar-refractivity contribution is 6.39. The molecule has 0 aliphatic carbocycles. The van der Waals surface area contributed by atoms with Crippen LogP contribution in [0.5, 0.6) is 0 Å². The van der Waals surface area contributed by atoms with E-state index in [0.29, 0.717) is 60.9 Å². The number of H-pyrrole nitrogens is 1. The number of fused-ring (bicyclic) bond motifs is 4. The van der Waals surface area contributed by atoms with E-state index in [2.05, 4.69) is 15.5 Å². The Morgan fingerprint density at radius 2 is 1.81 bits per heavy atom. The van der Waals surface area contributed by atoms with Crippen molar-refractivity contribution in [3.05, 3.63) is 57.2 Å². The zero-order valence-corrected chi connectivity index (χ0v) is 24.5. The van der Waals surface area contributed by atoms with E-state index in [1.807, 2.05) is 29.2 Å². The number of urea groups is 1. The van der Waals surface area contributed by atoms with Crippen LogP contribution in [-0.2, 0) is 29.0 Å². The Morgan fingerprint density at radius 3 is 2.56 bits per heavy atom. The normalized spacial score (nSPS) is 20.0. The molecule has 3 aromatic rings. The number of alkyl halides is 3. The molecule has 14 heteroatoms. The van der Waals surface area contributed by atoms with Gasteiger partial charge in [-0.25, -0.2) is 4.79 Å². The summed E-state index contributed by atoms with van der Waals surface area (Å²) >= 11 is 12.7. The van der Waals surface area contributed by atoms with Crippen LogP contribution >= 0.6 is 23.2 Å². The molecule has 0 unspecified atom stereocenters. The fraction of sp³-hybridized carbons (Fsp3) is 0.448. The number of anilines is 1. The first-order valence-electron chi connectivity index (χ1n) is 14.1. The summed E-state index contributed by atoms with van der Waals surface area (Å²) in [5.74, 6) is -2.07. The van der Waals surface area contributed by atoms with Gasteiger partial charge >= 0.3 is 12.2 Å². The molecule has 1 saturated heterocycles. The van der Waals surface area contributed by atoms with Crippen LogP contribution in [0, 0.1) is 5.92 Å². The second-order valence-corrected chi connectivity index (χ2v) is 12.1. The first-order valence-corrected chi connectivity index (χ1v) is 14.9. The lowest BCUT2D eigenvalue weighted by Gasteiger charge is -2.38. The number of benzene rings is 2. The molecule has 2 N–H and O–H groups in total. The third-order valence-corrected chi connectivity index (χ3v) is 9.17. The highest BCUT2D eigenvalue weighted by atomic mass is 35.5. The van der Waals surface area contributed by atoms with Gasteiger partial charge in [0.1, 0.15) is 17.2 Å². The van der Waals surface area contributed by atoms with Crippen molar-refractivity contribution < 1.29 is 27.6 Å².